The summed E-state index contributed by atoms with van der Waals surface area (Å²) in [4.78, 5) is 0. The third kappa shape index (κ3) is 6.63. The summed E-state index contributed by atoms with van der Waals surface area (Å²) in [6.45, 7) is -0.295. The van der Waals surface area contributed by atoms with Gasteiger partial charge in [-0.25, -0.2) is 0 Å². The van der Waals surface area contributed by atoms with E-state index in [-0.39, 0.29) is 13.0 Å². The fourth-order valence-electron chi connectivity index (χ4n) is 0.299. The summed E-state index contributed by atoms with van der Waals surface area (Å²) in [6, 6.07) is 0. The summed E-state index contributed by atoms with van der Waals surface area (Å²) in [5, 5.41) is 16.9. The molecule has 0 radical (unpaired) electrons. The molecule has 0 spiro atoms. The average Bonchev–Trinajstić information content (AvgIpc) is 1.59. The van der Waals surface area contributed by atoms with Crippen molar-refractivity contribution in [3.8, 4) is 0 Å². The van der Waals surface area contributed by atoms with Gasteiger partial charge in [-0.05, 0) is 0 Å². The molecule has 0 aromatic heterocycles. The van der Waals surface area contributed by atoms with Gasteiger partial charge in [-0.15, -0.1) is 0 Å². The van der Waals surface area contributed by atoms with Crippen molar-refractivity contribution in [3.63, 3.8) is 0 Å². The molecule has 0 saturated heterocycles. The van der Waals surface area contributed by atoms with Crippen molar-refractivity contribution >= 4 is 22.8 Å². The molecule has 0 heterocycles. The van der Waals surface area contributed by atoms with Crippen LogP contribution in [0, 0.1) is 0 Å². The predicted molar refractivity (Wildman–Crippen MR) is 35.3 cm³/mol. The van der Waals surface area contributed by atoms with Crippen molar-refractivity contribution in [2.24, 2.45) is 0 Å². The molecule has 5 nitrogen and oxygen atoms in total. The molecule has 0 rings (SSSR count). The number of aliphatic hydroxyl groups excluding tert-OH is 2. The Morgan fingerprint density at radius 1 is 1.70 bits per heavy atom. The monoisotopic (exact) mass is 236 g/mol. The van der Waals surface area contributed by atoms with Crippen LogP contribution in [0.2, 0.25) is 0 Å². The van der Waals surface area contributed by atoms with E-state index < -0.39 is 14.7 Å². The molecule has 0 saturated carbocycles. The van der Waals surface area contributed by atoms with Gasteiger partial charge in [0.25, 0.3) is 0 Å². The quantitative estimate of drug-likeness (QED) is 0.406. The summed E-state index contributed by atoms with van der Waals surface area (Å²) in [6.07, 6.45) is -1.48. The van der Waals surface area contributed by atoms with E-state index in [2.05, 4.69) is 4.18 Å². The number of aliphatic hydroxyl groups is 2. The van der Waals surface area contributed by atoms with E-state index in [0.717, 1.165) is 0 Å². The molecule has 0 bridgehead atoms. The third-order valence-electron chi connectivity index (χ3n) is 0.609. The Labute approximate surface area is 65.7 Å². The van der Waals surface area contributed by atoms with Crippen molar-refractivity contribution in [1.29, 1.82) is 0 Å². The van der Waals surface area contributed by atoms with E-state index >= 15 is 0 Å². The van der Waals surface area contributed by atoms with Gasteiger partial charge in [-0.1, -0.05) is 0 Å². The first-order chi connectivity index (χ1) is 4.45. The van der Waals surface area contributed by atoms with Crippen LogP contribution in [-0.4, -0.2) is 46.3 Å². The Hall–Kier alpha value is 0.509. The van der Waals surface area contributed by atoms with Crippen LogP contribution >= 0.6 is 0 Å². The first kappa shape index (κ1) is 10.5. The van der Waals surface area contributed by atoms with E-state index in [1.807, 2.05) is 14.4 Å². The standard InChI is InChI=1S/C3H8O5SSe/c4-2-1-3(5)8-9(6,7)10/h3-5H,1-2H2,(H,6,7,10). The summed E-state index contributed by atoms with van der Waals surface area (Å²) in [7, 11) is -3.48. The first-order valence-corrected chi connectivity index (χ1v) is 5.86. The molecule has 0 aliphatic heterocycles. The molecule has 0 aliphatic carbocycles. The summed E-state index contributed by atoms with van der Waals surface area (Å²) in [5.41, 5.74) is 0. The summed E-state index contributed by atoms with van der Waals surface area (Å²) < 4.78 is 22.8. The average molecular weight is 235 g/mol. The fraction of sp³-hybridized carbons (Fsp3) is 1.00. The van der Waals surface area contributed by atoms with Crippen molar-refractivity contribution < 1.29 is 23.2 Å². The minimum absolute atomic E-state index is 0.0841. The van der Waals surface area contributed by atoms with E-state index in [9.17, 15) is 4.21 Å². The van der Waals surface area contributed by atoms with E-state index in [4.69, 9.17) is 14.8 Å². The summed E-state index contributed by atoms with van der Waals surface area (Å²) in [5.74, 6) is 0. The minimum atomic E-state index is -3.48. The molecule has 0 fully saturated rings. The van der Waals surface area contributed by atoms with Gasteiger partial charge in [-0.2, -0.15) is 0 Å². The molecular formula is C3H8O5SSe. The van der Waals surface area contributed by atoms with Crippen LogP contribution in [0.3, 0.4) is 0 Å². The van der Waals surface area contributed by atoms with Crippen molar-refractivity contribution in [2.75, 3.05) is 6.61 Å². The van der Waals surface area contributed by atoms with Gasteiger partial charge in [0.1, 0.15) is 0 Å². The molecule has 2 atom stereocenters. The second-order valence-corrected chi connectivity index (χ2v) is 5.19. The second kappa shape index (κ2) is 4.40. The van der Waals surface area contributed by atoms with Crippen molar-refractivity contribution in [2.45, 2.75) is 12.7 Å². The molecule has 2 unspecified atom stereocenters. The maximum atomic E-state index is 10.3. The Kier molecular flexibility index (Phi) is 4.62. The van der Waals surface area contributed by atoms with Crippen molar-refractivity contribution in [3.05, 3.63) is 0 Å². The molecule has 0 aliphatic rings. The van der Waals surface area contributed by atoms with Crippen LogP contribution in [0.1, 0.15) is 6.42 Å². The van der Waals surface area contributed by atoms with E-state index in [0.29, 0.717) is 0 Å². The molecule has 0 amide bonds. The van der Waals surface area contributed by atoms with Crippen molar-refractivity contribution in [1.82, 2.24) is 0 Å². The molecule has 62 valence electrons. The van der Waals surface area contributed by atoms with Crippen LogP contribution in [-0.2, 0) is 12.6 Å². The van der Waals surface area contributed by atoms with Crippen LogP contribution in [0.4, 0.5) is 0 Å². The SMILES string of the molecule is O=S(O)(=[Se])OC(O)CCO. The molecule has 3 N–H and O–H groups in total. The van der Waals surface area contributed by atoms with Gasteiger partial charge < -0.3 is 0 Å². The number of rotatable bonds is 4. The first-order valence-electron chi connectivity index (χ1n) is 2.40. The zero-order chi connectivity index (χ0) is 8.20. The molecule has 7 heteroatoms. The van der Waals surface area contributed by atoms with Gasteiger partial charge in [0.05, 0.1) is 0 Å². The normalized spacial score (nSPS) is 19.9. The predicted octanol–water partition coefficient (Wildman–Crippen LogP) is -1.54. The Bertz CT molecular complexity index is 175. The molecule has 0 aromatic carbocycles. The fourth-order valence-corrected chi connectivity index (χ4v) is 1.25. The van der Waals surface area contributed by atoms with E-state index in [1.165, 1.54) is 0 Å². The molecule has 10 heavy (non-hydrogen) atoms. The number of hydrogen-bond donors (Lipinski definition) is 3. The Balaban J connectivity index is 3.69. The molecular weight excluding hydrogens is 227 g/mol. The van der Waals surface area contributed by atoms with Gasteiger partial charge in [0.15, 0.2) is 0 Å². The van der Waals surface area contributed by atoms with Gasteiger partial charge >= 0.3 is 65.3 Å². The topological polar surface area (TPSA) is 87.0 Å². The second-order valence-electron chi connectivity index (χ2n) is 1.49. The van der Waals surface area contributed by atoms with Crippen LogP contribution in [0.5, 0.6) is 0 Å². The zero-order valence-corrected chi connectivity index (χ0v) is 7.50. The zero-order valence-electron chi connectivity index (χ0n) is 4.97. The van der Waals surface area contributed by atoms with Gasteiger partial charge in [0.2, 0.25) is 0 Å². The number of hydrogen-bond acceptors (Lipinski definition) is 4. The third-order valence-corrected chi connectivity index (χ3v) is 1.57. The van der Waals surface area contributed by atoms with Crippen LogP contribution in [0.15, 0.2) is 0 Å². The molecule has 0 aromatic rings. The van der Waals surface area contributed by atoms with Crippen LogP contribution < -0.4 is 0 Å². The Morgan fingerprint density at radius 2 is 2.20 bits per heavy atom. The van der Waals surface area contributed by atoms with Gasteiger partial charge in [-0.3, -0.25) is 0 Å². The Morgan fingerprint density at radius 3 is 2.50 bits per heavy atom. The maximum absolute atomic E-state index is 10.3. The van der Waals surface area contributed by atoms with Crippen LogP contribution in [0.25, 0.3) is 0 Å². The summed E-state index contributed by atoms with van der Waals surface area (Å²) >= 11 is 1.83. The van der Waals surface area contributed by atoms with E-state index in [1.54, 1.807) is 0 Å². The van der Waals surface area contributed by atoms with Gasteiger partial charge in [0, 0.05) is 0 Å².